The van der Waals surface area contributed by atoms with E-state index in [-0.39, 0.29) is 43.1 Å². The van der Waals surface area contributed by atoms with Crippen molar-refractivity contribution in [2.24, 2.45) is 0 Å². The summed E-state index contributed by atoms with van der Waals surface area (Å²) in [5, 5.41) is 9.47. The highest BCUT2D eigenvalue weighted by atomic mass is 127. The van der Waals surface area contributed by atoms with Crippen LogP contribution in [0.1, 0.15) is 190 Å². The normalized spacial score (nSPS) is 10.9. The zero-order chi connectivity index (χ0) is 94.8. The predicted octanol–water partition coefficient (Wildman–Crippen LogP) is 25.5. The summed E-state index contributed by atoms with van der Waals surface area (Å²) < 4.78 is 68.9. The molecule has 1 aliphatic rings. The van der Waals surface area contributed by atoms with Gasteiger partial charge in [0.2, 0.25) is 0 Å². The Morgan fingerprint density at radius 2 is 0.546 bits per heavy atom. The molecular weight excluding hydrogens is 1820 g/mol. The summed E-state index contributed by atoms with van der Waals surface area (Å²) in [7, 11) is 0. The molecule has 0 atom stereocenters. The minimum absolute atomic E-state index is 0.138. The topological polar surface area (TPSA) is 233 Å². The molecule has 682 valence electrons. The van der Waals surface area contributed by atoms with Crippen LogP contribution in [0.2, 0.25) is 0 Å². The first-order valence-corrected chi connectivity index (χ1v) is 44.7. The van der Waals surface area contributed by atoms with Crippen LogP contribution in [-0.4, -0.2) is 40.9 Å². The Kier molecular flexibility index (Phi) is 40.3. The number of benzene rings is 12. The number of ether oxygens (including phenoxy) is 12. The molecule has 12 aromatic carbocycles. The SMILES string of the molecule is CC(=O)Oc1cccc(Br)c1COc1ccc(C)cc1C.CC(=O)Oc1cccc(C)c1COc1ccc(C)cc1C.CC(=O)Oc1cccc(C2CC2)c1COc1ccc(C)cc1C.CC(=O)Oc1cccc(CO)c1COc1ccc(C)cc1C.CC(=O)Oc1cccc(I)c1COc1ccc(C)cc1C.CCc1cccc(OC(C)=O)c1COc1ccc(C)cc1C. The monoisotopic (exact) mass is 1940 g/mol. The third kappa shape index (κ3) is 32.9. The lowest BCUT2D eigenvalue weighted by atomic mass is 10.0. The molecule has 1 N–H and O–H groups in total. The third-order valence-electron chi connectivity index (χ3n) is 20.5. The van der Waals surface area contributed by atoms with E-state index in [4.69, 9.17) is 56.8 Å². The highest BCUT2D eigenvalue weighted by molar-refractivity contribution is 14.1. The van der Waals surface area contributed by atoms with Crippen LogP contribution in [0.4, 0.5) is 0 Å². The minimum atomic E-state index is -0.400. The lowest BCUT2D eigenvalue weighted by Gasteiger charge is -2.16. The Morgan fingerprint density at radius 1 is 0.292 bits per heavy atom. The third-order valence-corrected chi connectivity index (χ3v) is 22.2. The fourth-order valence-corrected chi connectivity index (χ4v) is 15.0. The summed E-state index contributed by atoms with van der Waals surface area (Å²) in [4.78, 5) is 67.4. The van der Waals surface area contributed by atoms with Crippen molar-refractivity contribution in [2.75, 3.05) is 0 Å². The summed E-state index contributed by atoms with van der Waals surface area (Å²) in [5.74, 6) is 6.81. The van der Waals surface area contributed by atoms with Crippen molar-refractivity contribution < 1.29 is 90.7 Å². The van der Waals surface area contributed by atoms with Crippen molar-refractivity contribution in [1.29, 1.82) is 0 Å². The second-order valence-corrected chi connectivity index (χ2v) is 33.8. The van der Waals surface area contributed by atoms with Gasteiger partial charge in [0.25, 0.3) is 0 Å². The first-order valence-electron chi connectivity index (χ1n) is 42.9. The van der Waals surface area contributed by atoms with Gasteiger partial charge in [-0.05, 0) is 278 Å². The molecule has 0 radical (unpaired) electrons. The van der Waals surface area contributed by atoms with E-state index < -0.39 is 5.97 Å². The molecule has 0 saturated heterocycles. The number of hydrogen-bond acceptors (Lipinski definition) is 19. The van der Waals surface area contributed by atoms with E-state index in [0.717, 1.165) is 121 Å². The van der Waals surface area contributed by atoms with Gasteiger partial charge < -0.3 is 61.9 Å². The maximum Gasteiger partial charge on any atom is 0.308 e. The lowest BCUT2D eigenvalue weighted by molar-refractivity contribution is -0.132. The van der Waals surface area contributed by atoms with Crippen LogP contribution in [0.3, 0.4) is 0 Å². The molecule has 130 heavy (non-hydrogen) atoms. The van der Waals surface area contributed by atoms with E-state index in [2.05, 4.69) is 110 Å². The van der Waals surface area contributed by atoms with E-state index >= 15 is 0 Å². The average molecular weight is 1940 g/mol. The summed E-state index contributed by atoms with van der Waals surface area (Å²) in [5.41, 5.74) is 23.0. The molecule has 0 amide bonds. The molecule has 1 aliphatic carbocycles. The van der Waals surface area contributed by atoms with Crippen molar-refractivity contribution >= 4 is 74.3 Å². The molecule has 0 bridgehead atoms. The highest BCUT2D eigenvalue weighted by Gasteiger charge is 2.29. The summed E-state index contributed by atoms with van der Waals surface area (Å²) in [6, 6.07) is 69.9. The smallest absolute Gasteiger partial charge is 0.308 e. The molecule has 19 nitrogen and oxygen atoms in total. The Hall–Kier alpha value is -12.6. The van der Waals surface area contributed by atoms with Gasteiger partial charge in [-0.25, -0.2) is 0 Å². The molecule has 1 fully saturated rings. The standard InChI is InChI=1S/C20H22O3.C19H22O3.C18H20O4.C18H20O3.C17H17BrO3.C17H17IO3/c1-13-7-10-19(14(2)11-13)22-12-18-17(16-8-9-16)5-4-6-20(18)23-15(3)21;1-5-16-7-6-8-19(22-15(4)20)17(16)12-21-18-10-9-13(2)11-14(18)3;1-12-7-8-17(13(2)9-12)21-11-16-15(10-19)5-4-6-18(16)22-14(3)20;1-12-8-9-17(14(3)10-12)20-11-16-13(2)6-5-7-18(16)21-15(4)19;2*1-11-7-8-16(12(2)9-11)20-10-14-15(18)5-4-6-17(14)21-13(3)19/h4-7,10-11,16H,8-9,12H2,1-3H3;6-11H,5,12H2,1-4H3;4-9,19H,10-11H2,1-3H3;5-10H,11H2,1-4H3;2*4-9H,10H2,1-3H3. The van der Waals surface area contributed by atoms with Gasteiger partial charge in [0.05, 0.1) is 6.61 Å². The first-order chi connectivity index (χ1) is 62.0. The minimum Gasteiger partial charge on any atom is -0.488 e. The summed E-state index contributed by atoms with van der Waals surface area (Å²) in [6.45, 7) is 38.8. The fourth-order valence-electron chi connectivity index (χ4n) is 13.9. The number of carbonyl (C=O) groups is 6. The van der Waals surface area contributed by atoms with Crippen LogP contribution < -0.4 is 56.8 Å². The molecule has 13 rings (SSSR count). The van der Waals surface area contributed by atoms with Gasteiger partial charge >= 0.3 is 35.8 Å². The molecule has 0 unspecified atom stereocenters. The molecule has 0 aliphatic heterocycles. The number of aliphatic hydroxyl groups excluding tert-OH is 1. The number of hydrogen-bond donors (Lipinski definition) is 1. The van der Waals surface area contributed by atoms with Crippen LogP contribution in [0, 0.1) is 93.6 Å². The van der Waals surface area contributed by atoms with E-state index in [1.165, 1.54) is 93.3 Å². The number of esters is 6. The number of rotatable bonds is 27. The fraction of sp³-hybridized carbons (Fsp3) is 0.284. The van der Waals surface area contributed by atoms with Crippen LogP contribution in [0.5, 0.6) is 69.0 Å². The van der Waals surface area contributed by atoms with Crippen LogP contribution in [0.15, 0.2) is 223 Å². The largest absolute Gasteiger partial charge is 0.488 e. The van der Waals surface area contributed by atoms with Crippen LogP contribution in [-0.2, 0) is 81.4 Å². The average Bonchev–Trinajstić information content (AvgIpc) is 1.65. The number of aryl methyl sites for hydroxylation is 14. The number of carbonyl (C=O) groups excluding carboxylic acids is 6. The van der Waals surface area contributed by atoms with Crippen molar-refractivity contribution in [2.45, 2.75) is 210 Å². The second-order valence-electron chi connectivity index (χ2n) is 31.8. The van der Waals surface area contributed by atoms with Crippen molar-refractivity contribution in [3.05, 3.63) is 349 Å². The van der Waals surface area contributed by atoms with Crippen molar-refractivity contribution in [3.8, 4) is 69.0 Å². The molecule has 0 heterocycles. The van der Waals surface area contributed by atoms with Gasteiger partial charge in [-0.15, -0.1) is 0 Å². The molecule has 21 heteroatoms. The van der Waals surface area contributed by atoms with E-state index in [0.29, 0.717) is 84.6 Å². The van der Waals surface area contributed by atoms with E-state index in [1.807, 2.05) is 202 Å². The van der Waals surface area contributed by atoms with Gasteiger partial charge in [0.15, 0.2) is 0 Å². The Balaban J connectivity index is 0.000000193. The van der Waals surface area contributed by atoms with Crippen molar-refractivity contribution in [1.82, 2.24) is 0 Å². The van der Waals surface area contributed by atoms with E-state index in [1.54, 1.807) is 42.5 Å². The van der Waals surface area contributed by atoms with Gasteiger partial charge in [0.1, 0.15) is 109 Å². The Morgan fingerprint density at radius 3 is 0.869 bits per heavy atom. The zero-order valence-electron chi connectivity index (χ0n) is 78.0. The maximum atomic E-state index is 11.4. The molecule has 12 aromatic rings. The molecule has 1 saturated carbocycles. The maximum absolute atomic E-state index is 11.4. The predicted molar refractivity (Wildman–Crippen MR) is 520 cm³/mol. The van der Waals surface area contributed by atoms with Crippen molar-refractivity contribution in [3.63, 3.8) is 0 Å². The quantitative estimate of drug-likeness (QED) is 0.0286. The number of aliphatic hydroxyl groups is 1. The first kappa shape index (κ1) is 103. The number of halogens is 2. The summed E-state index contributed by atoms with van der Waals surface area (Å²) in [6.07, 6.45) is 3.25. The Bertz CT molecular complexity index is 5530. The van der Waals surface area contributed by atoms with Gasteiger partial charge in [-0.1, -0.05) is 190 Å². The van der Waals surface area contributed by atoms with Crippen LogP contribution in [0.25, 0.3) is 0 Å². The molecule has 0 spiro atoms. The molecule has 0 aromatic heterocycles. The Labute approximate surface area is 787 Å². The van der Waals surface area contributed by atoms with Crippen LogP contribution >= 0.6 is 38.5 Å². The molecular formula is C109H118BrIO19. The van der Waals surface area contributed by atoms with Gasteiger partial charge in [0, 0.05) is 83.0 Å². The zero-order valence-corrected chi connectivity index (χ0v) is 81.7. The second kappa shape index (κ2) is 51.0. The summed E-state index contributed by atoms with van der Waals surface area (Å²) >= 11 is 5.69. The van der Waals surface area contributed by atoms with Gasteiger partial charge in [-0.2, -0.15) is 0 Å². The highest BCUT2D eigenvalue weighted by Crippen LogP contribution is 2.45. The van der Waals surface area contributed by atoms with Gasteiger partial charge in [-0.3, -0.25) is 28.8 Å². The lowest BCUT2D eigenvalue weighted by Crippen LogP contribution is -2.08. The van der Waals surface area contributed by atoms with E-state index in [9.17, 15) is 33.9 Å².